The van der Waals surface area contributed by atoms with E-state index in [1.807, 2.05) is 6.92 Å². The summed E-state index contributed by atoms with van der Waals surface area (Å²) < 4.78 is 4.81. The van der Waals surface area contributed by atoms with Crippen LogP contribution in [0.3, 0.4) is 0 Å². The van der Waals surface area contributed by atoms with Gasteiger partial charge in [0.15, 0.2) is 5.75 Å². The zero-order valence-electron chi connectivity index (χ0n) is 10.2. The zero-order valence-corrected chi connectivity index (χ0v) is 10.9. The molecule has 0 saturated carbocycles. The van der Waals surface area contributed by atoms with Crippen LogP contribution in [0.2, 0.25) is 5.02 Å². The van der Waals surface area contributed by atoms with Crippen molar-refractivity contribution in [2.24, 2.45) is 0 Å². The molecule has 0 fully saturated rings. The second-order valence-electron chi connectivity index (χ2n) is 3.70. The maximum Gasteiger partial charge on any atom is 0.411 e. The third-order valence-electron chi connectivity index (χ3n) is 2.23. The van der Waals surface area contributed by atoms with E-state index in [2.05, 4.69) is 5.32 Å². The SMILES string of the molecule is CCCCOC(=O)Nc1cc([N+](=O)[O-])cc(Cl)c1O. The lowest BCUT2D eigenvalue weighted by Gasteiger charge is -2.09. The number of phenols is 1. The number of nitro benzene ring substituents is 1. The minimum atomic E-state index is -0.805. The molecule has 2 N–H and O–H groups in total. The molecule has 0 aliphatic heterocycles. The van der Waals surface area contributed by atoms with E-state index in [-0.39, 0.29) is 23.0 Å². The molecule has 0 saturated heterocycles. The summed E-state index contributed by atoms with van der Waals surface area (Å²) in [5, 5.41) is 22.2. The number of halogens is 1. The Kier molecular flexibility index (Phi) is 5.37. The predicted molar refractivity (Wildman–Crippen MR) is 69.6 cm³/mol. The van der Waals surface area contributed by atoms with Crippen LogP contribution in [0.4, 0.5) is 16.2 Å². The highest BCUT2D eigenvalue weighted by molar-refractivity contribution is 6.32. The van der Waals surface area contributed by atoms with Gasteiger partial charge in [0, 0.05) is 12.1 Å². The Morgan fingerprint density at radius 3 is 2.84 bits per heavy atom. The van der Waals surface area contributed by atoms with Crippen LogP contribution in [0, 0.1) is 10.1 Å². The van der Waals surface area contributed by atoms with Crippen LogP contribution in [-0.4, -0.2) is 22.7 Å². The molecule has 1 aromatic carbocycles. The van der Waals surface area contributed by atoms with Crippen molar-refractivity contribution in [3.05, 3.63) is 27.3 Å². The van der Waals surface area contributed by atoms with Crippen molar-refractivity contribution >= 4 is 29.1 Å². The Labute approximate surface area is 114 Å². The first-order valence-corrected chi connectivity index (χ1v) is 5.94. The Bertz CT molecular complexity index is 492. The number of aromatic hydroxyl groups is 1. The van der Waals surface area contributed by atoms with E-state index in [1.54, 1.807) is 0 Å². The highest BCUT2D eigenvalue weighted by Gasteiger charge is 2.17. The number of rotatable bonds is 5. The van der Waals surface area contributed by atoms with Crippen LogP contribution in [-0.2, 0) is 4.74 Å². The average molecular weight is 289 g/mol. The molecule has 1 amide bonds. The maximum atomic E-state index is 11.4. The molecule has 1 aromatic rings. The number of non-ortho nitro benzene ring substituents is 1. The molecule has 0 heterocycles. The van der Waals surface area contributed by atoms with E-state index >= 15 is 0 Å². The fraction of sp³-hybridized carbons (Fsp3) is 0.364. The topological polar surface area (TPSA) is 102 Å². The predicted octanol–water partition coefficient (Wildman–Crippen LogP) is 3.30. The molecule has 0 radical (unpaired) electrons. The van der Waals surface area contributed by atoms with Crippen LogP contribution >= 0.6 is 11.6 Å². The average Bonchev–Trinajstić information content (AvgIpc) is 2.34. The van der Waals surface area contributed by atoms with E-state index in [0.717, 1.165) is 18.6 Å². The van der Waals surface area contributed by atoms with Gasteiger partial charge in [-0.25, -0.2) is 4.79 Å². The van der Waals surface area contributed by atoms with Gasteiger partial charge in [-0.2, -0.15) is 0 Å². The monoisotopic (exact) mass is 288 g/mol. The first kappa shape index (κ1) is 15.0. The molecular formula is C11H13ClN2O5. The molecule has 7 nitrogen and oxygen atoms in total. The molecular weight excluding hydrogens is 276 g/mol. The number of carbonyl (C=O) groups excluding carboxylic acids is 1. The minimum Gasteiger partial charge on any atom is -0.504 e. The molecule has 0 aliphatic carbocycles. The molecule has 0 aromatic heterocycles. The summed E-state index contributed by atoms with van der Waals surface area (Å²) in [6.45, 7) is 2.17. The summed E-state index contributed by atoms with van der Waals surface area (Å²) in [7, 11) is 0. The Morgan fingerprint density at radius 1 is 1.58 bits per heavy atom. The molecule has 8 heteroatoms. The standard InChI is InChI=1S/C11H13ClN2O5/c1-2-3-4-19-11(16)13-9-6-7(14(17)18)5-8(12)10(9)15/h5-6,15H,2-4H2,1H3,(H,13,16). The Morgan fingerprint density at radius 2 is 2.26 bits per heavy atom. The highest BCUT2D eigenvalue weighted by atomic mass is 35.5. The maximum absolute atomic E-state index is 11.4. The van der Waals surface area contributed by atoms with Gasteiger partial charge in [0.2, 0.25) is 0 Å². The van der Waals surface area contributed by atoms with Gasteiger partial charge in [-0.3, -0.25) is 15.4 Å². The van der Waals surface area contributed by atoms with E-state index in [0.29, 0.717) is 6.42 Å². The third kappa shape index (κ3) is 4.29. The van der Waals surface area contributed by atoms with Crippen LogP contribution in [0.15, 0.2) is 12.1 Å². The summed E-state index contributed by atoms with van der Waals surface area (Å²) >= 11 is 5.63. The number of anilines is 1. The molecule has 19 heavy (non-hydrogen) atoms. The highest BCUT2D eigenvalue weighted by Crippen LogP contribution is 2.36. The number of hydrogen-bond donors (Lipinski definition) is 2. The first-order chi connectivity index (χ1) is 8.95. The quantitative estimate of drug-likeness (QED) is 0.374. The molecule has 0 spiro atoms. The summed E-state index contributed by atoms with van der Waals surface area (Å²) in [5.41, 5.74) is -0.507. The van der Waals surface area contributed by atoms with Gasteiger partial charge in [-0.1, -0.05) is 24.9 Å². The second kappa shape index (κ2) is 6.79. The van der Waals surface area contributed by atoms with Crippen LogP contribution in [0.1, 0.15) is 19.8 Å². The van der Waals surface area contributed by atoms with Crippen LogP contribution in [0.25, 0.3) is 0 Å². The normalized spacial score (nSPS) is 10.0. The molecule has 104 valence electrons. The van der Waals surface area contributed by atoms with Crippen LogP contribution in [0.5, 0.6) is 5.75 Å². The van der Waals surface area contributed by atoms with Gasteiger partial charge in [0.1, 0.15) is 0 Å². The Hall–Kier alpha value is -2.02. The van der Waals surface area contributed by atoms with E-state index in [4.69, 9.17) is 16.3 Å². The summed E-state index contributed by atoms with van der Waals surface area (Å²) in [5.74, 6) is -0.445. The van der Waals surface area contributed by atoms with Crippen molar-refractivity contribution < 1.29 is 19.6 Å². The van der Waals surface area contributed by atoms with Gasteiger partial charge in [-0.05, 0) is 6.42 Å². The molecule has 0 bridgehead atoms. The summed E-state index contributed by atoms with van der Waals surface area (Å²) in [6.07, 6.45) is 0.760. The lowest BCUT2D eigenvalue weighted by atomic mass is 10.2. The third-order valence-corrected chi connectivity index (χ3v) is 2.51. The van der Waals surface area contributed by atoms with Crippen molar-refractivity contribution in [2.75, 3.05) is 11.9 Å². The molecule has 0 unspecified atom stereocenters. The number of nitro groups is 1. The fourth-order valence-electron chi connectivity index (χ4n) is 1.24. The molecule has 1 rings (SSSR count). The zero-order chi connectivity index (χ0) is 14.4. The van der Waals surface area contributed by atoms with Crippen molar-refractivity contribution in [1.82, 2.24) is 0 Å². The van der Waals surface area contributed by atoms with Crippen LogP contribution < -0.4 is 5.32 Å². The van der Waals surface area contributed by atoms with Gasteiger partial charge in [0.25, 0.3) is 5.69 Å². The van der Waals surface area contributed by atoms with Gasteiger partial charge in [-0.15, -0.1) is 0 Å². The van der Waals surface area contributed by atoms with Crippen molar-refractivity contribution in [2.45, 2.75) is 19.8 Å². The van der Waals surface area contributed by atoms with Crippen molar-refractivity contribution in [3.63, 3.8) is 0 Å². The number of amides is 1. The van der Waals surface area contributed by atoms with Crippen molar-refractivity contribution in [3.8, 4) is 5.75 Å². The number of nitrogens with one attached hydrogen (secondary N) is 1. The Balaban J connectivity index is 2.82. The smallest absolute Gasteiger partial charge is 0.411 e. The number of phenolic OH excluding ortho intramolecular Hbond substituents is 1. The summed E-state index contributed by atoms with van der Waals surface area (Å²) in [6, 6.07) is 1.99. The number of nitrogens with zero attached hydrogens (tertiary/aromatic N) is 1. The molecule has 0 atom stereocenters. The molecule has 0 aliphatic rings. The number of hydrogen-bond acceptors (Lipinski definition) is 5. The minimum absolute atomic E-state index is 0.166. The van der Waals surface area contributed by atoms with Gasteiger partial charge in [0.05, 0.1) is 22.2 Å². The van der Waals surface area contributed by atoms with E-state index in [9.17, 15) is 20.0 Å². The summed E-state index contributed by atoms with van der Waals surface area (Å²) in [4.78, 5) is 21.3. The van der Waals surface area contributed by atoms with Gasteiger partial charge >= 0.3 is 6.09 Å². The number of unbranched alkanes of at least 4 members (excludes halogenated alkanes) is 1. The number of ether oxygens (including phenoxy) is 1. The number of benzene rings is 1. The van der Waals surface area contributed by atoms with E-state index < -0.39 is 16.8 Å². The largest absolute Gasteiger partial charge is 0.504 e. The second-order valence-corrected chi connectivity index (χ2v) is 4.10. The lowest BCUT2D eigenvalue weighted by Crippen LogP contribution is -2.14. The lowest BCUT2D eigenvalue weighted by molar-refractivity contribution is -0.384. The first-order valence-electron chi connectivity index (χ1n) is 5.56. The van der Waals surface area contributed by atoms with E-state index in [1.165, 1.54) is 0 Å². The number of carbonyl (C=O) groups is 1. The van der Waals surface area contributed by atoms with Crippen molar-refractivity contribution in [1.29, 1.82) is 0 Å². The van der Waals surface area contributed by atoms with Gasteiger partial charge < -0.3 is 9.84 Å². The fourth-order valence-corrected chi connectivity index (χ4v) is 1.45.